The van der Waals surface area contributed by atoms with Crippen LogP contribution in [0.5, 0.6) is 0 Å². The van der Waals surface area contributed by atoms with Crippen LogP contribution in [0.2, 0.25) is 0 Å². The van der Waals surface area contributed by atoms with E-state index in [1.165, 1.54) is 0 Å². The van der Waals surface area contributed by atoms with Gasteiger partial charge in [0.2, 0.25) is 0 Å². The van der Waals surface area contributed by atoms with Gasteiger partial charge in [-0.25, -0.2) is 4.79 Å². The number of carbonyl (C=O) groups is 1. The molecule has 3 rings (SSSR count). The van der Waals surface area contributed by atoms with Crippen molar-refractivity contribution in [2.75, 3.05) is 0 Å². The summed E-state index contributed by atoms with van der Waals surface area (Å²) in [5.41, 5.74) is 0.233. The van der Waals surface area contributed by atoms with Crippen molar-refractivity contribution in [2.24, 2.45) is 5.92 Å². The van der Waals surface area contributed by atoms with Crippen LogP contribution in [0, 0.1) is 5.92 Å². The van der Waals surface area contributed by atoms with E-state index in [9.17, 15) is 15.0 Å². The minimum atomic E-state index is -1.13. The van der Waals surface area contributed by atoms with Crippen LogP contribution in [0.25, 0.3) is 0 Å². The fraction of sp³-hybridized carbons (Fsp3) is 0.667. The SMILES string of the molecule is C=C1C(=O)O[C@H]2CC(=C)[C@@H]3CC[C@](C)(O3)[C@H](O)[C@@H](O)[C@H]12. The van der Waals surface area contributed by atoms with Gasteiger partial charge in [-0.05, 0) is 25.3 Å². The summed E-state index contributed by atoms with van der Waals surface area (Å²) >= 11 is 0. The first kappa shape index (κ1) is 13.8. The molecule has 3 aliphatic heterocycles. The predicted octanol–water partition coefficient (Wildman–Crippen LogP) is 0.704. The maximum absolute atomic E-state index is 11.7. The summed E-state index contributed by atoms with van der Waals surface area (Å²) in [5.74, 6) is -1.10. The molecule has 2 N–H and O–H groups in total. The van der Waals surface area contributed by atoms with Crippen molar-refractivity contribution in [1.29, 1.82) is 0 Å². The second-order valence-corrected chi connectivity index (χ2v) is 6.25. The van der Waals surface area contributed by atoms with Gasteiger partial charge in [0.1, 0.15) is 12.2 Å². The summed E-state index contributed by atoms with van der Waals surface area (Å²) in [4.78, 5) is 11.7. The maximum Gasteiger partial charge on any atom is 0.334 e. The summed E-state index contributed by atoms with van der Waals surface area (Å²) < 4.78 is 11.2. The molecule has 5 heteroatoms. The van der Waals surface area contributed by atoms with E-state index < -0.39 is 35.8 Å². The first-order valence-corrected chi connectivity index (χ1v) is 6.95. The van der Waals surface area contributed by atoms with Gasteiger partial charge in [-0.1, -0.05) is 13.2 Å². The number of esters is 1. The largest absolute Gasteiger partial charge is 0.458 e. The molecule has 110 valence electrons. The zero-order valence-electron chi connectivity index (χ0n) is 11.5. The Kier molecular flexibility index (Phi) is 3.04. The number of aliphatic hydroxyl groups is 2. The van der Waals surface area contributed by atoms with E-state index in [0.29, 0.717) is 12.8 Å². The first-order chi connectivity index (χ1) is 9.33. The summed E-state index contributed by atoms with van der Waals surface area (Å²) in [6, 6.07) is 0. The molecule has 6 atom stereocenters. The highest BCUT2D eigenvalue weighted by Gasteiger charge is 2.54. The number of rotatable bonds is 0. The molecule has 0 unspecified atom stereocenters. The number of hydrogen-bond acceptors (Lipinski definition) is 5. The molecule has 3 aliphatic rings. The minimum absolute atomic E-state index is 0.159. The maximum atomic E-state index is 11.7. The highest BCUT2D eigenvalue weighted by molar-refractivity contribution is 5.91. The topological polar surface area (TPSA) is 76.0 Å². The molecule has 0 aromatic rings. The molecule has 3 saturated heterocycles. The lowest BCUT2D eigenvalue weighted by Crippen LogP contribution is -2.50. The number of aliphatic hydroxyl groups excluding tert-OH is 2. The Bertz CT molecular complexity index is 485. The summed E-state index contributed by atoms with van der Waals surface area (Å²) in [6.45, 7) is 9.51. The molecule has 2 bridgehead atoms. The molecule has 0 radical (unpaired) electrons. The van der Waals surface area contributed by atoms with Crippen molar-refractivity contribution >= 4 is 5.97 Å². The number of ether oxygens (including phenoxy) is 2. The normalized spacial score (nSPS) is 48.4. The van der Waals surface area contributed by atoms with Crippen LogP contribution in [-0.4, -0.2) is 46.2 Å². The Morgan fingerprint density at radius 2 is 2.05 bits per heavy atom. The van der Waals surface area contributed by atoms with Gasteiger partial charge in [0.25, 0.3) is 0 Å². The van der Waals surface area contributed by atoms with Crippen LogP contribution >= 0.6 is 0 Å². The number of hydrogen-bond donors (Lipinski definition) is 2. The van der Waals surface area contributed by atoms with Crippen LogP contribution in [-0.2, 0) is 14.3 Å². The molecule has 0 aromatic heterocycles. The van der Waals surface area contributed by atoms with Gasteiger partial charge < -0.3 is 19.7 Å². The van der Waals surface area contributed by atoms with Gasteiger partial charge in [-0.15, -0.1) is 0 Å². The Hall–Kier alpha value is -1.17. The quantitative estimate of drug-likeness (QED) is 0.388. The highest BCUT2D eigenvalue weighted by atomic mass is 16.6. The van der Waals surface area contributed by atoms with Crippen molar-refractivity contribution in [1.82, 2.24) is 0 Å². The molecule has 0 amide bonds. The van der Waals surface area contributed by atoms with E-state index in [1.54, 1.807) is 6.92 Å². The zero-order chi connectivity index (χ0) is 14.7. The lowest BCUT2D eigenvalue weighted by Gasteiger charge is -2.35. The van der Waals surface area contributed by atoms with E-state index in [4.69, 9.17) is 9.47 Å². The highest BCUT2D eigenvalue weighted by Crippen LogP contribution is 2.44. The average Bonchev–Trinajstić information content (AvgIpc) is 2.91. The molecular formula is C15H20O5. The Balaban J connectivity index is 2.00. The van der Waals surface area contributed by atoms with Gasteiger partial charge in [0, 0.05) is 12.0 Å². The van der Waals surface area contributed by atoms with Crippen LogP contribution in [0.4, 0.5) is 0 Å². The third-order valence-corrected chi connectivity index (χ3v) is 4.87. The molecule has 3 heterocycles. The van der Waals surface area contributed by atoms with E-state index in [1.807, 2.05) is 0 Å². The van der Waals surface area contributed by atoms with Gasteiger partial charge >= 0.3 is 5.97 Å². The van der Waals surface area contributed by atoms with Gasteiger partial charge in [0.15, 0.2) is 0 Å². The molecule has 0 aromatic carbocycles. The van der Waals surface area contributed by atoms with E-state index in [-0.39, 0.29) is 11.7 Å². The summed E-state index contributed by atoms with van der Waals surface area (Å²) in [5, 5.41) is 21.0. The molecule has 0 aliphatic carbocycles. The zero-order valence-corrected chi connectivity index (χ0v) is 11.5. The van der Waals surface area contributed by atoms with Crippen molar-refractivity contribution in [3.05, 3.63) is 24.3 Å². The fourth-order valence-corrected chi connectivity index (χ4v) is 3.55. The van der Waals surface area contributed by atoms with Crippen LogP contribution < -0.4 is 0 Å². The third kappa shape index (κ3) is 1.84. The first-order valence-electron chi connectivity index (χ1n) is 6.95. The lowest BCUT2D eigenvalue weighted by molar-refractivity contribution is -0.147. The summed E-state index contributed by atoms with van der Waals surface area (Å²) in [6.07, 6.45) is -1.06. The van der Waals surface area contributed by atoms with E-state index >= 15 is 0 Å². The third-order valence-electron chi connectivity index (χ3n) is 4.87. The van der Waals surface area contributed by atoms with Crippen molar-refractivity contribution in [3.8, 4) is 0 Å². The van der Waals surface area contributed by atoms with Crippen LogP contribution in [0.1, 0.15) is 26.2 Å². The van der Waals surface area contributed by atoms with Gasteiger partial charge in [-0.2, -0.15) is 0 Å². The molecule has 20 heavy (non-hydrogen) atoms. The molecule has 5 nitrogen and oxygen atoms in total. The standard InChI is InChI=1S/C15H20O5/c1-7-6-10-11(8(2)14(18)19-10)12(16)13(17)15(3)5-4-9(7)20-15/h9-13,16-17H,1-2,4-6H2,3H3/t9-,10-,11+,12-,13+,15-/m0/s1. The van der Waals surface area contributed by atoms with Crippen molar-refractivity contribution < 1.29 is 24.5 Å². The minimum Gasteiger partial charge on any atom is -0.458 e. The fourth-order valence-electron chi connectivity index (χ4n) is 3.55. The van der Waals surface area contributed by atoms with E-state index in [0.717, 1.165) is 12.0 Å². The monoisotopic (exact) mass is 280 g/mol. The molecule has 0 saturated carbocycles. The average molecular weight is 280 g/mol. The Morgan fingerprint density at radius 3 is 2.75 bits per heavy atom. The molecule has 3 fully saturated rings. The Labute approximate surface area is 117 Å². The predicted molar refractivity (Wildman–Crippen MR) is 70.8 cm³/mol. The van der Waals surface area contributed by atoms with Crippen LogP contribution in [0.15, 0.2) is 24.3 Å². The van der Waals surface area contributed by atoms with Gasteiger partial charge in [0.05, 0.1) is 23.7 Å². The molecule has 0 spiro atoms. The summed E-state index contributed by atoms with van der Waals surface area (Å²) in [7, 11) is 0. The van der Waals surface area contributed by atoms with Crippen molar-refractivity contribution in [2.45, 2.75) is 56.2 Å². The second-order valence-electron chi connectivity index (χ2n) is 6.25. The second kappa shape index (κ2) is 4.41. The van der Waals surface area contributed by atoms with Crippen molar-refractivity contribution in [3.63, 3.8) is 0 Å². The van der Waals surface area contributed by atoms with E-state index in [2.05, 4.69) is 13.2 Å². The number of carbonyl (C=O) groups excluding carboxylic acids is 1. The van der Waals surface area contributed by atoms with Crippen LogP contribution in [0.3, 0.4) is 0 Å². The number of fused-ring (bicyclic) bond motifs is 3. The Morgan fingerprint density at radius 1 is 1.35 bits per heavy atom. The lowest BCUT2D eigenvalue weighted by atomic mass is 9.79. The molecular weight excluding hydrogens is 260 g/mol. The van der Waals surface area contributed by atoms with Gasteiger partial charge in [-0.3, -0.25) is 0 Å². The smallest absolute Gasteiger partial charge is 0.334 e.